The van der Waals surface area contributed by atoms with Gasteiger partial charge in [0, 0.05) is 6.42 Å². The largest absolute Gasteiger partial charge is 0.370 e. The first-order valence-corrected chi connectivity index (χ1v) is 6.44. The van der Waals surface area contributed by atoms with Crippen LogP contribution in [0.15, 0.2) is 17.1 Å². The maximum Gasteiger partial charge on any atom is 0.249 e. The van der Waals surface area contributed by atoms with Crippen LogP contribution >= 0.6 is 0 Å². The third kappa shape index (κ3) is 3.08. The topological polar surface area (TPSA) is 81.5 Å². The molecule has 0 radical (unpaired) electrons. The van der Waals surface area contributed by atoms with E-state index in [1.807, 2.05) is 0 Å². The second-order valence-corrected chi connectivity index (χ2v) is 5.19. The lowest BCUT2D eigenvalue weighted by atomic mass is 9.66. The van der Waals surface area contributed by atoms with Crippen molar-refractivity contribution in [2.75, 3.05) is 0 Å². The first kappa shape index (κ1) is 12.1. The van der Waals surface area contributed by atoms with E-state index in [1.54, 1.807) is 0 Å². The molecule has 0 spiro atoms. The van der Waals surface area contributed by atoms with Crippen LogP contribution in [0.2, 0.25) is 0 Å². The van der Waals surface area contributed by atoms with E-state index in [0.29, 0.717) is 18.3 Å². The van der Waals surface area contributed by atoms with Gasteiger partial charge in [0.05, 0.1) is 0 Å². The maximum atomic E-state index is 11.6. The molecular weight excluding hydrogens is 214 g/mol. The lowest BCUT2D eigenvalue weighted by Crippen LogP contribution is -2.31. The van der Waals surface area contributed by atoms with Gasteiger partial charge in [0.1, 0.15) is 0 Å². The van der Waals surface area contributed by atoms with Crippen LogP contribution in [-0.4, -0.2) is 11.9 Å². The van der Waals surface area contributed by atoms with Gasteiger partial charge >= 0.3 is 0 Å². The molecule has 3 unspecified atom stereocenters. The minimum absolute atomic E-state index is 0.120. The molecule has 2 aliphatic carbocycles. The highest BCUT2D eigenvalue weighted by atomic mass is 16.1. The Hall–Kier alpha value is -1.32. The smallest absolute Gasteiger partial charge is 0.249 e. The zero-order valence-electron chi connectivity index (χ0n) is 10.1. The summed E-state index contributed by atoms with van der Waals surface area (Å²) in [5.41, 5.74) is 10.5. The first-order chi connectivity index (χ1) is 8.16. The number of guanidine groups is 1. The van der Waals surface area contributed by atoms with Gasteiger partial charge in [-0.25, -0.2) is 0 Å². The summed E-state index contributed by atoms with van der Waals surface area (Å²) < 4.78 is 0. The van der Waals surface area contributed by atoms with Crippen LogP contribution in [0.5, 0.6) is 0 Å². The highest BCUT2D eigenvalue weighted by Gasteiger charge is 2.34. The summed E-state index contributed by atoms with van der Waals surface area (Å²) in [6, 6.07) is 0. The summed E-state index contributed by atoms with van der Waals surface area (Å²) in [6.07, 6.45) is 11.0. The molecule has 4 nitrogen and oxygen atoms in total. The minimum atomic E-state index is -0.162. The Bertz CT molecular complexity index is 345. The Morgan fingerprint density at radius 2 is 2.00 bits per heavy atom. The average Bonchev–Trinajstić information content (AvgIpc) is 2.28. The summed E-state index contributed by atoms with van der Waals surface area (Å²) in [4.78, 5) is 15.3. The van der Waals surface area contributed by atoms with Crippen LogP contribution in [-0.2, 0) is 4.79 Å². The molecule has 0 aromatic heterocycles. The standard InChI is InChI=1S/C13H21N3O/c14-13(15)16-12(17)8-10-6-3-5-9-4-1-2-7-11(9)10/h1-2,9-11H,3-8H2,(H4,14,15,16,17). The Morgan fingerprint density at radius 1 is 1.24 bits per heavy atom. The van der Waals surface area contributed by atoms with E-state index in [-0.39, 0.29) is 11.9 Å². The van der Waals surface area contributed by atoms with Crippen molar-refractivity contribution in [3.05, 3.63) is 12.2 Å². The number of nitrogens with two attached hydrogens (primary N) is 2. The third-order valence-electron chi connectivity index (χ3n) is 4.07. The summed E-state index contributed by atoms with van der Waals surface area (Å²) >= 11 is 0. The molecule has 2 rings (SSSR count). The third-order valence-corrected chi connectivity index (χ3v) is 4.07. The molecule has 2 aliphatic rings. The van der Waals surface area contributed by atoms with Gasteiger partial charge in [-0.15, -0.1) is 0 Å². The number of aliphatic imine (C=N–C) groups is 1. The quantitative estimate of drug-likeness (QED) is 0.433. The summed E-state index contributed by atoms with van der Waals surface area (Å²) in [5, 5.41) is 0. The molecule has 17 heavy (non-hydrogen) atoms. The molecule has 1 fully saturated rings. The van der Waals surface area contributed by atoms with Crippen molar-refractivity contribution in [1.29, 1.82) is 0 Å². The van der Waals surface area contributed by atoms with Crippen molar-refractivity contribution in [3.8, 4) is 0 Å². The van der Waals surface area contributed by atoms with Gasteiger partial charge in [-0.1, -0.05) is 18.6 Å². The van der Waals surface area contributed by atoms with Crippen molar-refractivity contribution < 1.29 is 4.79 Å². The van der Waals surface area contributed by atoms with E-state index >= 15 is 0 Å². The van der Waals surface area contributed by atoms with Crippen molar-refractivity contribution in [2.45, 2.75) is 38.5 Å². The highest BCUT2D eigenvalue weighted by Crippen LogP contribution is 2.42. The summed E-state index contributed by atoms with van der Waals surface area (Å²) in [5.74, 6) is 1.61. The zero-order chi connectivity index (χ0) is 12.3. The molecule has 0 aromatic rings. The van der Waals surface area contributed by atoms with Gasteiger partial charge in [-0.3, -0.25) is 4.79 Å². The SMILES string of the molecule is NC(N)=NC(=O)CC1CCCC2CC=CCC21. The second-order valence-electron chi connectivity index (χ2n) is 5.19. The van der Waals surface area contributed by atoms with E-state index in [4.69, 9.17) is 11.5 Å². The second kappa shape index (κ2) is 5.34. The Balaban J connectivity index is 1.97. The van der Waals surface area contributed by atoms with Crippen molar-refractivity contribution >= 4 is 11.9 Å². The molecule has 94 valence electrons. The molecule has 0 heterocycles. The number of hydrogen-bond acceptors (Lipinski definition) is 1. The highest BCUT2D eigenvalue weighted by molar-refractivity contribution is 5.91. The fraction of sp³-hybridized carbons (Fsp3) is 0.692. The van der Waals surface area contributed by atoms with Gasteiger partial charge in [0.2, 0.25) is 5.91 Å². The predicted molar refractivity (Wildman–Crippen MR) is 68.1 cm³/mol. The van der Waals surface area contributed by atoms with E-state index < -0.39 is 0 Å². The molecule has 4 N–H and O–H groups in total. The maximum absolute atomic E-state index is 11.6. The monoisotopic (exact) mass is 235 g/mol. The van der Waals surface area contributed by atoms with Gasteiger partial charge in [-0.05, 0) is 43.4 Å². The molecule has 1 amide bonds. The first-order valence-electron chi connectivity index (χ1n) is 6.44. The van der Waals surface area contributed by atoms with Crippen molar-refractivity contribution in [3.63, 3.8) is 0 Å². The van der Waals surface area contributed by atoms with Gasteiger partial charge in [-0.2, -0.15) is 4.99 Å². The Labute approximate surface area is 102 Å². The van der Waals surface area contributed by atoms with Crippen LogP contribution in [0.1, 0.15) is 38.5 Å². The van der Waals surface area contributed by atoms with Gasteiger partial charge < -0.3 is 11.5 Å². The van der Waals surface area contributed by atoms with Crippen LogP contribution < -0.4 is 11.5 Å². The molecule has 4 heteroatoms. The van der Waals surface area contributed by atoms with Crippen molar-refractivity contribution in [1.82, 2.24) is 0 Å². The molecule has 1 saturated carbocycles. The Morgan fingerprint density at radius 3 is 2.76 bits per heavy atom. The van der Waals surface area contributed by atoms with Crippen LogP contribution in [0.25, 0.3) is 0 Å². The van der Waals surface area contributed by atoms with Crippen LogP contribution in [0.3, 0.4) is 0 Å². The molecule has 0 bridgehead atoms. The minimum Gasteiger partial charge on any atom is -0.370 e. The van der Waals surface area contributed by atoms with Gasteiger partial charge in [0.15, 0.2) is 5.96 Å². The van der Waals surface area contributed by atoms with E-state index in [0.717, 1.165) is 18.8 Å². The van der Waals surface area contributed by atoms with Crippen LogP contribution in [0.4, 0.5) is 0 Å². The Kier molecular flexibility index (Phi) is 3.82. The molecule has 0 saturated heterocycles. The molecule has 3 atom stereocenters. The lowest BCUT2D eigenvalue weighted by molar-refractivity contribution is -0.119. The number of rotatable bonds is 2. The molecule has 0 aliphatic heterocycles. The number of allylic oxidation sites excluding steroid dienone is 2. The van der Waals surface area contributed by atoms with Crippen molar-refractivity contribution in [2.24, 2.45) is 34.2 Å². The number of amides is 1. The van der Waals surface area contributed by atoms with E-state index in [1.165, 1.54) is 19.3 Å². The zero-order valence-corrected chi connectivity index (χ0v) is 10.1. The molecule has 0 aromatic carbocycles. The lowest BCUT2D eigenvalue weighted by Gasteiger charge is -2.39. The summed E-state index contributed by atoms with van der Waals surface area (Å²) in [7, 11) is 0. The number of carbonyl (C=O) groups is 1. The number of fused-ring (bicyclic) bond motifs is 1. The predicted octanol–water partition coefficient (Wildman–Crippen LogP) is 1.56. The van der Waals surface area contributed by atoms with Gasteiger partial charge in [0.25, 0.3) is 0 Å². The summed E-state index contributed by atoms with van der Waals surface area (Å²) in [6.45, 7) is 0. The van der Waals surface area contributed by atoms with E-state index in [9.17, 15) is 4.79 Å². The number of hydrogen-bond donors (Lipinski definition) is 2. The number of carbonyl (C=O) groups excluding carboxylic acids is 1. The number of nitrogens with zero attached hydrogens (tertiary/aromatic N) is 1. The fourth-order valence-electron chi connectivity index (χ4n) is 3.32. The van der Waals surface area contributed by atoms with E-state index in [2.05, 4.69) is 17.1 Å². The normalized spacial score (nSPS) is 31.6. The fourth-order valence-corrected chi connectivity index (χ4v) is 3.32. The molecular formula is C13H21N3O. The average molecular weight is 235 g/mol. The van der Waals surface area contributed by atoms with Crippen LogP contribution in [0, 0.1) is 17.8 Å².